The molecule has 0 spiro atoms. The Hall–Kier alpha value is -3.08. The first-order valence-electron chi connectivity index (χ1n) is 10.1. The fourth-order valence-electron chi connectivity index (χ4n) is 4.94. The molecule has 0 aliphatic carbocycles. The predicted octanol–water partition coefficient (Wildman–Crippen LogP) is 8.89. The van der Waals surface area contributed by atoms with E-state index in [1.807, 2.05) is 0 Å². The summed E-state index contributed by atoms with van der Waals surface area (Å²) < 4.78 is 0. The maximum atomic E-state index is 2.46. The predicted molar refractivity (Wildman–Crippen MR) is 130 cm³/mol. The average molecular weight is 388 g/mol. The Kier molecular flexibility index (Phi) is 3.60. The van der Waals surface area contributed by atoms with Gasteiger partial charge in [-0.05, 0) is 64.0 Å². The topological polar surface area (TPSA) is 0 Å². The second-order valence-corrected chi connectivity index (χ2v) is 10.1. The summed E-state index contributed by atoms with van der Waals surface area (Å²) in [6, 6.07) is 33.8. The van der Waals surface area contributed by atoms with Gasteiger partial charge in [-0.1, -0.05) is 86.4 Å². The number of benzene rings is 5. The normalized spacial score (nSPS) is 11.8. The summed E-state index contributed by atoms with van der Waals surface area (Å²) in [5.74, 6) is 0. The van der Waals surface area contributed by atoms with Crippen molar-refractivity contribution in [2.24, 2.45) is 0 Å². The largest absolute Gasteiger partial charge is 0.0772 e. The Morgan fingerprint density at radius 2 is 0.897 bits per heavy atom. The van der Waals surface area contributed by atoms with Gasteiger partial charge in [0.15, 0.2) is 0 Å². The summed E-state index contributed by atoms with van der Waals surface area (Å²) in [4.78, 5) is 0. The van der Waals surface area contributed by atoms with Crippen molar-refractivity contribution in [1.29, 1.82) is 0 Å². The van der Waals surface area contributed by atoms with Crippen LogP contribution in [-0.4, -0.2) is 0 Å². The lowest BCUT2D eigenvalue weighted by molar-refractivity contribution is 1.56. The molecule has 0 aliphatic heterocycles. The maximum absolute atomic E-state index is 2.46. The van der Waals surface area contributed by atoms with Crippen molar-refractivity contribution in [3.63, 3.8) is 0 Å². The van der Waals surface area contributed by atoms with Crippen molar-refractivity contribution < 1.29 is 0 Å². The molecule has 0 amide bonds. The summed E-state index contributed by atoms with van der Waals surface area (Å²) in [6.07, 6.45) is 0. The second kappa shape index (κ2) is 6.21. The molecule has 0 N–H and O–H groups in total. The van der Waals surface area contributed by atoms with Crippen molar-refractivity contribution in [3.8, 4) is 5.30 Å². The average Bonchev–Trinajstić information content (AvgIpc) is 3.08. The highest BCUT2D eigenvalue weighted by molar-refractivity contribution is 7.68. The van der Waals surface area contributed by atoms with Crippen LogP contribution in [0.3, 0.4) is 0 Å². The number of hydrogen-bond donors (Lipinski definition) is 0. The Balaban J connectivity index is 2.00. The molecule has 0 saturated carbocycles. The third-order valence-corrected chi connectivity index (χ3v) is 8.69. The summed E-state index contributed by atoms with van der Waals surface area (Å²) in [5, 5.41) is 12.9. The van der Waals surface area contributed by atoms with Crippen LogP contribution in [0.1, 0.15) is 11.1 Å². The molecule has 6 aromatic rings. The number of fused-ring (bicyclic) bond motifs is 7. The molecule has 0 aliphatic rings. The number of rotatable bonds is 1. The van der Waals surface area contributed by atoms with Gasteiger partial charge in [0, 0.05) is 21.0 Å². The SMILES string of the molecule is Cc1cc2c(c3ccccc13)c1c3ccccc3c(C)cc1p2-c1ccccc1. The smallest absolute Gasteiger partial charge is 0.00776 e. The maximum Gasteiger partial charge on any atom is 0.00776 e. The van der Waals surface area contributed by atoms with Gasteiger partial charge in [-0.25, -0.2) is 0 Å². The molecule has 1 heterocycles. The molecule has 0 atom stereocenters. The van der Waals surface area contributed by atoms with Gasteiger partial charge < -0.3 is 0 Å². The molecule has 5 aromatic carbocycles. The van der Waals surface area contributed by atoms with Crippen LogP contribution >= 0.6 is 7.53 Å². The van der Waals surface area contributed by atoms with Gasteiger partial charge in [0.2, 0.25) is 0 Å². The van der Waals surface area contributed by atoms with Gasteiger partial charge in [-0.3, -0.25) is 0 Å². The van der Waals surface area contributed by atoms with E-state index in [2.05, 4.69) is 105 Å². The molecular weight excluding hydrogens is 367 g/mol. The van der Waals surface area contributed by atoms with Gasteiger partial charge in [-0.2, -0.15) is 0 Å². The van der Waals surface area contributed by atoms with Gasteiger partial charge in [0.05, 0.1) is 0 Å². The molecule has 6 rings (SSSR count). The number of hydrogen-bond acceptors (Lipinski definition) is 0. The lowest BCUT2D eigenvalue weighted by Crippen LogP contribution is -1.82. The zero-order chi connectivity index (χ0) is 19.5. The first-order valence-corrected chi connectivity index (χ1v) is 11.5. The second-order valence-electron chi connectivity index (χ2n) is 7.94. The van der Waals surface area contributed by atoms with E-state index in [1.165, 1.54) is 59.0 Å². The summed E-state index contributed by atoms with van der Waals surface area (Å²) in [7, 11) is -0.551. The fraction of sp³-hybridized carbons (Fsp3) is 0.0714. The van der Waals surface area contributed by atoms with Crippen LogP contribution in [-0.2, 0) is 0 Å². The Bertz CT molecular complexity index is 1450. The van der Waals surface area contributed by atoms with E-state index in [-0.39, 0.29) is 0 Å². The zero-order valence-electron chi connectivity index (χ0n) is 16.6. The minimum atomic E-state index is -0.551. The van der Waals surface area contributed by atoms with E-state index in [9.17, 15) is 0 Å². The van der Waals surface area contributed by atoms with Gasteiger partial charge >= 0.3 is 0 Å². The first-order chi connectivity index (χ1) is 14.2. The lowest BCUT2D eigenvalue weighted by atomic mass is 9.96. The molecule has 0 nitrogen and oxygen atoms in total. The zero-order valence-corrected chi connectivity index (χ0v) is 17.5. The van der Waals surface area contributed by atoms with E-state index < -0.39 is 7.53 Å². The molecule has 0 unspecified atom stereocenters. The molecule has 0 saturated heterocycles. The molecule has 29 heavy (non-hydrogen) atoms. The van der Waals surface area contributed by atoms with Crippen LogP contribution in [0.4, 0.5) is 0 Å². The molecule has 0 fully saturated rings. The summed E-state index contributed by atoms with van der Waals surface area (Å²) in [6.45, 7) is 4.51. The van der Waals surface area contributed by atoms with Crippen molar-refractivity contribution in [2.75, 3.05) is 0 Å². The van der Waals surface area contributed by atoms with Crippen LogP contribution in [0.25, 0.3) is 47.9 Å². The molecular formula is C28H21P. The highest BCUT2D eigenvalue weighted by Gasteiger charge is 2.19. The minimum Gasteiger partial charge on any atom is -0.0772 e. The fourth-order valence-corrected chi connectivity index (χ4v) is 7.78. The van der Waals surface area contributed by atoms with Crippen LogP contribution in [0.5, 0.6) is 0 Å². The van der Waals surface area contributed by atoms with Crippen LogP contribution in [0.15, 0.2) is 91.0 Å². The molecule has 0 bridgehead atoms. The summed E-state index contributed by atoms with van der Waals surface area (Å²) in [5.41, 5.74) is 2.74. The van der Waals surface area contributed by atoms with Crippen molar-refractivity contribution in [1.82, 2.24) is 0 Å². The molecule has 138 valence electrons. The Morgan fingerprint density at radius 1 is 0.483 bits per heavy atom. The molecule has 1 aromatic heterocycles. The number of aryl methyl sites for hydroxylation is 2. The monoisotopic (exact) mass is 388 g/mol. The van der Waals surface area contributed by atoms with E-state index >= 15 is 0 Å². The van der Waals surface area contributed by atoms with Crippen molar-refractivity contribution in [3.05, 3.63) is 102 Å². The highest BCUT2D eigenvalue weighted by Crippen LogP contribution is 2.58. The van der Waals surface area contributed by atoms with E-state index in [0.717, 1.165) is 0 Å². The van der Waals surface area contributed by atoms with Gasteiger partial charge in [0.25, 0.3) is 0 Å². The standard InChI is InChI=1S/C28H21P/c1-18-16-25-27(23-14-8-6-12-21(18)23)28-24-15-9-7-13-22(24)19(2)17-26(28)29(25)20-10-4-3-5-11-20/h3-17H,1-2H3. The highest BCUT2D eigenvalue weighted by atomic mass is 31.1. The molecule has 1 heteroatoms. The van der Waals surface area contributed by atoms with Crippen LogP contribution < -0.4 is 0 Å². The Morgan fingerprint density at radius 3 is 1.38 bits per heavy atom. The van der Waals surface area contributed by atoms with Gasteiger partial charge in [-0.15, -0.1) is 0 Å². The van der Waals surface area contributed by atoms with Crippen molar-refractivity contribution >= 4 is 50.1 Å². The van der Waals surface area contributed by atoms with Crippen LogP contribution in [0.2, 0.25) is 0 Å². The van der Waals surface area contributed by atoms with E-state index in [0.29, 0.717) is 0 Å². The third-order valence-electron chi connectivity index (χ3n) is 6.21. The first kappa shape index (κ1) is 16.8. The quantitative estimate of drug-likeness (QED) is 0.264. The molecule has 0 radical (unpaired) electrons. The minimum absolute atomic E-state index is 0.551. The third kappa shape index (κ3) is 2.33. The summed E-state index contributed by atoms with van der Waals surface area (Å²) >= 11 is 0. The van der Waals surface area contributed by atoms with Crippen molar-refractivity contribution in [2.45, 2.75) is 13.8 Å². The van der Waals surface area contributed by atoms with E-state index in [1.54, 1.807) is 0 Å². The van der Waals surface area contributed by atoms with Gasteiger partial charge in [0.1, 0.15) is 0 Å². The lowest BCUT2D eigenvalue weighted by Gasteiger charge is -2.07. The van der Waals surface area contributed by atoms with Crippen LogP contribution in [0, 0.1) is 13.8 Å². The Labute approximate surface area is 171 Å². The van der Waals surface area contributed by atoms with E-state index in [4.69, 9.17) is 0 Å².